The first-order chi connectivity index (χ1) is 12.5. The van der Waals surface area contributed by atoms with Gasteiger partial charge in [-0.05, 0) is 44.2 Å². The Morgan fingerprint density at radius 1 is 1.46 bits per heavy atom. The molecule has 7 nitrogen and oxygen atoms in total. The van der Waals surface area contributed by atoms with Crippen molar-refractivity contribution in [1.82, 2.24) is 9.78 Å². The maximum absolute atomic E-state index is 13.5. The van der Waals surface area contributed by atoms with Crippen LogP contribution < -0.4 is 21.5 Å². The number of nitrogens with two attached hydrogens (primary N) is 2. The Balaban J connectivity index is 1.79. The molecular formula is C19H25N5O2. The van der Waals surface area contributed by atoms with E-state index in [4.69, 9.17) is 16.2 Å². The number of ether oxygens (including phenoxy) is 1. The minimum Gasteiger partial charge on any atom is -0.495 e. The Bertz CT molecular complexity index is 875. The Hall–Kier alpha value is -2.54. The first-order valence-electron chi connectivity index (χ1n) is 9.03. The zero-order valence-corrected chi connectivity index (χ0v) is 15.2. The molecule has 2 heterocycles. The molecule has 1 aliphatic carbocycles. The largest absolute Gasteiger partial charge is 0.495 e. The second kappa shape index (κ2) is 6.02. The molecule has 1 aliphatic heterocycles. The van der Waals surface area contributed by atoms with Crippen LogP contribution in [0, 0.1) is 0 Å². The number of carbonyl (C=O) groups is 1. The fraction of sp³-hybridized carbons (Fsp3) is 0.474. The van der Waals surface area contributed by atoms with Crippen molar-refractivity contribution < 1.29 is 9.53 Å². The number of fused-ring (bicyclic) bond motifs is 2. The van der Waals surface area contributed by atoms with Gasteiger partial charge in [0.15, 0.2) is 0 Å². The van der Waals surface area contributed by atoms with Crippen LogP contribution in [0.4, 0.5) is 11.5 Å². The van der Waals surface area contributed by atoms with E-state index < -0.39 is 5.41 Å². The minimum atomic E-state index is -0.722. The maximum atomic E-state index is 13.5. The van der Waals surface area contributed by atoms with Gasteiger partial charge in [0.1, 0.15) is 11.6 Å². The number of hydrogen-bond acceptors (Lipinski definition) is 6. The van der Waals surface area contributed by atoms with Gasteiger partial charge in [-0.25, -0.2) is 0 Å². The van der Waals surface area contributed by atoms with E-state index in [1.54, 1.807) is 7.11 Å². The summed E-state index contributed by atoms with van der Waals surface area (Å²) in [5.74, 6) is 1.07. The van der Waals surface area contributed by atoms with Crippen LogP contribution >= 0.6 is 0 Å². The molecule has 0 bridgehead atoms. The second-order valence-corrected chi connectivity index (χ2v) is 7.42. The fourth-order valence-corrected chi connectivity index (χ4v) is 4.15. The number of methoxy groups -OCH3 is 1. The van der Waals surface area contributed by atoms with Crippen LogP contribution in [0.1, 0.15) is 41.4 Å². The normalized spacial score (nSPS) is 24.3. The highest BCUT2D eigenvalue weighted by molar-refractivity contribution is 5.94. The number of aromatic nitrogens is 2. The molecule has 0 spiro atoms. The molecule has 5 N–H and O–H groups in total. The van der Waals surface area contributed by atoms with Crippen molar-refractivity contribution in [1.29, 1.82) is 0 Å². The SMILES string of the molecule is COc1cccc2c1NCCC2(C)C(=O)n1nc2c(c1N)CC(N)CC2. The monoisotopic (exact) mass is 355 g/mol. The summed E-state index contributed by atoms with van der Waals surface area (Å²) in [4.78, 5) is 13.5. The second-order valence-electron chi connectivity index (χ2n) is 7.42. The molecule has 2 unspecified atom stereocenters. The first kappa shape index (κ1) is 16.9. The molecule has 0 saturated carbocycles. The van der Waals surface area contributed by atoms with Gasteiger partial charge in [0.05, 0.1) is 23.9 Å². The van der Waals surface area contributed by atoms with Crippen LogP contribution in [0.3, 0.4) is 0 Å². The molecule has 138 valence electrons. The van der Waals surface area contributed by atoms with Crippen molar-refractivity contribution in [2.24, 2.45) is 5.73 Å². The maximum Gasteiger partial charge on any atom is 0.259 e. The van der Waals surface area contributed by atoms with Crippen LogP contribution in [0.5, 0.6) is 5.75 Å². The van der Waals surface area contributed by atoms with Gasteiger partial charge in [0, 0.05) is 18.2 Å². The lowest BCUT2D eigenvalue weighted by atomic mass is 9.75. The molecule has 0 fully saturated rings. The van der Waals surface area contributed by atoms with Crippen molar-refractivity contribution in [3.63, 3.8) is 0 Å². The fourth-order valence-electron chi connectivity index (χ4n) is 4.15. The number of rotatable bonds is 2. The van der Waals surface area contributed by atoms with Gasteiger partial charge in [-0.3, -0.25) is 4.79 Å². The molecule has 2 atom stereocenters. The minimum absolute atomic E-state index is 0.0806. The molecular weight excluding hydrogens is 330 g/mol. The Labute approximate surface area is 152 Å². The molecule has 0 radical (unpaired) electrons. The highest BCUT2D eigenvalue weighted by Crippen LogP contribution is 2.43. The number of aryl methyl sites for hydroxylation is 1. The third kappa shape index (κ3) is 2.38. The van der Waals surface area contributed by atoms with Crippen molar-refractivity contribution in [2.75, 3.05) is 24.7 Å². The molecule has 26 heavy (non-hydrogen) atoms. The predicted octanol–water partition coefficient (Wildman–Crippen LogP) is 1.70. The average molecular weight is 355 g/mol. The van der Waals surface area contributed by atoms with Crippen molar-refractivity contribution >= 4 is 17.4 Å². The quantitative estimate of drug-likeness (QED) is 0.757. The van der Waals surface area contributed by atoms with Gasteiger partial charge in [-0.2, -0.15) is 9.78 Å². The van der Waals surface area contributed by atoms with E-state index in [1.807, 2.05) is 25.1 Å². The van der Waals surface area contributed by atoms with E-state index in [0.29, 0.717) is 25.2 Å². The Morgan fingerprint density at radius 2 is 2.27 bits per heavy atom. The highest BCUT2D eigenvalue weighted by atomic mass is 16.5. The summed E-state index contributed by atoms with van der Waals surface area (Å²) in [5.41, 5.74) is 15.3. The summed E-state index contributed by atoms with van der Waals surface area (Å²) >= 11 is 0. The number of nitrogen functional groups attached to an aromatic ring is 1. The lowest BCUT2D eigenvalue weighted by molar-refractivity contribution is 0.0785. The standard InChI is InChI=1S/C19H25N5O2/c1-19(8-9-22-16-13(19)4-3-5-15(16)26-2)18(25)24-17(21)12-10-11(20)6-7-14(12)23-24/h3-5,11,22H,6-10,20-21H2,1-2H3. The highest BCUT2D eigenvalue weighted by Gasteiger charge is 2.42. The lowest BCUT2D eigenvalue weighted by Crippen LogP contribution is -2.42. The van der Waals surface area contributed by atoms with Crippen molar-refractivity contribution in [3.05, 3.63) is 35.0 Å². The molecule has 0 saturated heterocycles. The summed E-state index contributed by atoms with van der Waals surface area (Å²) in [6.07, 6.45) is 2.98. The summed E-state index contributed by atoms with van der Waals surface area (Å²) in [6.45, 7) is 2.64. The van der Waals surface area contributed by atoms with Gasteiger partial charge >= 0.3 is 0 Å². The smallest absolute Gasteiger partial charge is 0.259 e. The van der Waals surface area contributed by atoms with Gasteiger partial charge in [-0.1, -0.05) is 12.1 Å². The third-order valence-corrected chi connectivity index (χ3v) is 5.76. The summed E-state index contributed by atoms with van der Waals surface area (Å²) in [5, 5.41) is 7.91. The number of anilines is 2. The number of para-hydroxylation sites is 1. The number of nitrogens with zero attached hydrogens (tertiary/aromatic N) is 2. The van der Waals surface area contributed by atoms with Gasteiger partial charge < -0.3 is 21.5 Å². The van der Waals surface area contributed by atoms with Crippen LogP contribution in [0.15, 0.2) is 18.2 Å². The summed E-state index contributed by atoms with van der Waals surface area (Å²) in [7, 11) is 1.63. The van der Waals surface area contributed by atoms with E-state index in [0.717, 1.165) is 41.1 Å². The Morgan fingerprint density at radius 3 is 3.04 bits per heavy atom. The number of hydrogen-bond donors (Lipinski definition) is 3. The lowest BCUT2D eigenvalue weighted by Gasteiger charge is -2.35. The topological polar surface area (TPSA) is 108 Å². The molecule has 2 aromatic rings. The summed E-state index contributed by atoms with van der Waals surface area (Å²) in [6, 6.07) is 5.85. The molecule has 4 rings (SSSR count). The van der Waals surface area contributed by atoms with Gasteiger partial charge in [-0.15, -0.1) is 0 Å². The molecule has 2 aliphatic rings. The van der Waals surface area contributed by atoms with E-state index >= 15 is 0 Å². The number of benzene rings is 1. The van der Waals surface area contributed by atoms with E-state index in [-0.39, 0.29) is 11.9 Å². The van der Waals surface area contributed by atoms with Gasteiger partial charge in [0.25, 0.3) is 5.91 Å². The number of carbonyl (C=O) groups excluding carboxylic acids is 1. The molecule has 1 aromatic carbocycles. The van der Waals surface area contributed by atoms with Crippen LogP contribution in [-0.4, -0.2) is 35.4 Å². The average Bonchev–Trinajstić information content (AvgIpc) is 2.97. The number of nitrogens with one attached hydrogen (secondary N) is 1. The molecule has 7 heteroatoms. The Kier molecular flexibility index (Phi) is 3.91. The van der Waals surface area contributed by atoms with Crippen LogP contribution in [-0.2, 0) is 18.3 Å². The third-order valence-electron chi connectivity index (χ3n) is 5.76. The predicted molar refractivity (Wildman–Crippen MR) is 101 cm³/mol. The van der Waals surface area contributed by atoms with Crippen LogP contribution in [0.25, 0.3) is 0 Å². The zero-order chi connectivity index (χ0) is 18.5. The first-order valence-corrected chi connectivity index (χ1v) is 9.03. The van der Waals surface area contributed by atoms with Gasteiger partial charge in [0.2, 0.25) is 0 Å². The van der Waals surface area contributed by atoms with Crippen molar-refractivity contribution in [3.8, 4) is 5.75 Å². The van der Waals surface area contributed by atoms with Crippen LogP contribution in [0.2, 0.25) is 0 Å². The van der Waals surface area contributed by atoms with Crippen molar-refractivity contribution in [2.45, 2.75) is 44.1 Å². The summed E-state index contributed by atoms with van der Waals surface area (Å²) < 4.78 is 6.86. The van der Waals surface area contributed by atoms with E-state index in [9.17, 15) is 4.79 Å². The molecule has 0 amide bonds. The zero-order valence-electron chi connectivity index (χ0n) is 15.2. The van der Waals surface area contributed by atoms with E-state index in [1.165, 1.54) is 4.68 Å². The molecule has 1 aromatic heterocycles. The van der Waals surface area contributed by atoms with E-state index in [2.05, 4.69) is 10.4 Å².